The maximum Gasteiger partial charge on any atom is 0.407 e. The fourth-order valence-corrected chi connectivity index (χ4v) is 4.81. The highest BCUT2D eigenvalue weighted by molar-refractivity contribution is 5.79. The van der Waals surface area contributed by atoms with E-state index in [1.54, 1.807) is 0 Å². The van der Waals surface area contributed by atoms with Gasteiger partial charge in [-0.3, -0.25) is 9.59 Å². The van der Waals surface area contributed by atoms with E-state index in [-0.39, 0.29) is 50.5 Å². The van der Waals surface area contributed by atoms with E-state index in [0.29, 0.717) is 13.0 Å². The molecule has 1 aliphatic carbocycles. The van der Waals surface area contributed by atoms with Gasteiger partial charge in [0.25, 0.3) is 0 Å². The number of amides is 2. The molecule has 4 N–H and O–H groups in total. The Bertz CT molecular complexity index is 1030. The fraction of sp³-hybridized carbons (Fsp3) is 0.423. The second-order valence-electron chi connectivity index (χ2n) is 8.96. The van der Waals surface area contributed by atoms with Crippen molar-refractivity contribution in [2.24, 2.45) is 5.92 Å². The maximum atomic E-state index is 12.3. The summed E-state index contributed by atoms with van der Waals surface area (Å²) in [5.41, 5.74) is 4.47. The standard InChI is InChI=1S/C26H30N2O7/c29-17(12-24(30)28-23-9-10-34-14-16(23)11-25(31)32)13-27-26(33)35-15-22-20-7-3-1-5-18(20)19-6-2-4-8-21(19)22/h1-8,16-17,22-23,29H,9-15H2,(H,27,33)(H,28,30)(H,31,32). The third-order valence-electron chi connectivity index (χ3n) is 6.50. The van der Waals surface area contributed by atoms with Gasteiger partial charge < -0.3 is 30.3 Å². The second-order valence-corrected chi connectivity index (χ2v) is 8.96. The topological polar surface area (TPSA) is 134 Å². The predicted octanol–water partition coefficient (Wildman–Crippen LogP) is 2.27. The molecular weight excluding hydrogens is 452 g/mol. The Morgan fingerprint density at radius 2 is 1.71 bits per heavy atom. The molecule has 2 amide bonds. The molecule has 0 radical (unpaired) electrons. The molecular formula is C26H30N2O7. The van der Waals surface area contributed by atoms with E-state index < -0.39 is 24.1 Å². The van der Waals surface area contributed by atoms with Gasteiger partial charge in [-0.05, 0) is 28.7 Å². The smallest absolute Gasteiger partial charge is 0.407 e. The van der Waals surface area contributed by atoms with Gasteiger partial charge in [-0.15, -0.1) is 0 Å². The number of aliphatic hydroxyl groups excluding tert-OH is 1. The highest BCUT2D eigenvalue weighted by atomic mass is 16.5. The van der Waals surface area contributed by atoms with Gasteiger partial charge in [0.2, 0.25) is 5.91 Å². The Labute approximate surface area is 203 Å². The van der Waals surface area contributed by atoms with E-state index in [0.717, 1.165) is 22.3 Å². The van der Waals surface area contributed by atoms with Crippen LogP contribution < -0.4 is 10.6 Å². The zero-order chi connectivity index (χ0) is 24.8. The minimum absolute atomic E-state index is 0.0675. The largest absolute Gasteiger partial charge is 0.481 e. The van der Waals surface area contributed by atoms with Crippen LogP contribution in [0.3, 0.4) is 0 Å². The number of nitrogens with one attached hydrogen (secondary N) is 2. The van der Waals surface area contributed by atoms with Crippen molar-refractivity contribution < 1.29 is 34.1 Å². The summed E-state index contributed by atoms with van der Waals surface area (Å²) in [6.07, 6.45) is -1.58. The molecule has 1 saturated heterocycles. The lowest BCUT2D eigenvalue weighted by Gasteiger charge is -2.31. The van der Waals surface area contributed by atoms with Crippen molar-refractivity contribution in [1.29, 1.82) is 0 Å². The molecule has 3 unspecified atom stereocenters. The molecule has 1 aliphatic heterocycles. The highest BCUT2D eigenvalue weighted by Crippen LogP contribution is 2.44. The van der Waals surface area contributed by atoms with Gasteiger partial charge in [0.15, 0.2) is 0 Å². The molecule has 0 saturated carbocycles. The molecule has 2 aromatic rings. The fourth-order valence-electron chi connectivity index (χ4n) is 4.81. The van der Waals surface area contributed by atoms with E-state index in [9.17, 15) is 19.5 Å². The number of carbonyl (C=O) groups is 3. The molecule has 4 rings (SSSR count). The summed E-state index contributed by atoms with van der Waals surface area (Å²) in [7, 11) is 0. The van der Waals surface area contributed by atoms with E-state index in [4.69, 9.17) is 14.6 Å². The summed E-state index contributed by atoms with van der Waals surface area (Å²) >= 11 is 0. The van der Waals surface area contributed by atoms with Crippen molar-refractivity contribution >= 4 is 18.0 Å². The molecule has 0 bridgehead atoms. The van der Waals surface area contributed by atoms with E-state index >= 15 is 0 Å². The van der Waals surface area contributed by atoms with Crippen LogP contribution in [0.25, 0.3) is 11.1 Å². The van der Waals surface area contributed by atoms with Crippen LogP contribution in [0.5, 0.6) is 0 Å². The molecule has 9 nitrogen and oxygen atoms in total. The van der Waals surface area contributed by atoms with Gasteiger partial charge >= 0.3 is 12.1 Å². The number of aliphatic carboxylic acids is 1. The molecule has 35 heavy (non-hydrogen) atoms. The first-order valence-electron chi connectivity index (χ1n) is 11.8. The van der Waals surface area contributed by atoms with Crippen LogP contribution in [-0.4, -0.2) is 66.7 Å². The van der Waals surface area contributed by atoms with Crippen molar-refractivity contribution in [3.8, 4) is 11.1 Å². The van der Waals surface area contributed by atoms with Gasteiger partial charge in [-0.25, -0.2) is 4.79 Å². The number of fused-ring (bicyclic) bond motifs is 3. The molecule has 3 atom stereocenters. The number of benzene rings is 2. The van der Waals surface area contributed by atoms with Crippen LogP contribution in [0.15, 0.2) is 48.5 Å². The molecule has 0 spiro atoms. The van der Waals surface area contributed by atoms with E-state index in [2.05, 4.69) is 22.8 Å². The van der Waals surface area contributed by atoms with Crippen molar-refractivity contribution in [3.05, 3.63) is 59.7 Å². The predicted molar refractivity (Wildman–Crippen MR) is 127 cm³/mol. The Kier molecular flexibility index (Phi) is 7.99. The number of ether oxygens (including phenoxy) is 2. The molecule has 1 heterocycles. The normalized spacial score (nSPS) is 19.8. The van der Waals surface area contributed by atoms with Gasteiger partial charge in [0.05, 0.1) is 25.6 Å². The van der Waals surface area contributed by atoms with E-state index in [1.165, 1.54) is 0 Å². The maximum absolute atomic E-state index is 12.3. The number of carboxylic acid groups (broad SMARTS) is 1. The first-order chi connectivity index (χ1) is 16.9. The summed E-state index contributed by atoms with van der Waals surface area (Å²) in [6, 6.07) is 15.7. The van der Waals surface area contributed by atoms with Gasteiger partial charge in [0.1, 0.15) is 6.61 Å². The van der Waals surface area contributed by atoms with Crippen LogP contribution in [0, 0.1) is 5.92 Å². The Hall–Kier alpha value is -3.43. The Balaban J connectivity index is 1.22. The average molecular weight is 483 g/mol. The monoisotopic (exact) mass is 482 g/mol. The number of hydrogen-bond donors (Lipinski definition) is 4. The lowest BCUT2D eigenvalue weighted by atomic mass is 9.92. The molecule has 2 aromatic carbocycles. The summed E-state index contributed by atoms with van der Waals surface area (Å²) in [5, 5.41) is 24.5. The van der Waals surface area contributed by atoms with Crippen LogP contribution in [-0.2, 0) is 19.1 Å². The average Bonchev–Trinajstić information content (AvgIpc) is 3.16. The third-order valence-corrected chi connectivity index (χ3v) is 6.50. The molecule has 186 valence electrons. The lowest BCUT2D eigenvalue weighted by Crippen LogP contribution is -2.47. The molecule has 1 fully saturated rings. The third kappa shape index (κ3) is 6.17. The molecule has 2 aliphatic rings. The summed E-state index contributed by atoms with van der Waals surface area (Å²) < 4.78 is 10.8. The van der Waals surface area contributed by atoms with Gasteiger partial charge in [0, 0.05) is 31.0 Å². The van der Waals surface area contributed by atoms with Crippen molar-refractivity contribution in [1.82, 2.24) is 10.6 Å². The zero-order valence-corrected chi connectivity index (χ0v) is 19.3. The quantitative estimate of drug-likeness (QED) is 0.431. The van der Waals surface area contributed by atoms with Crippen molar-refractivity contribution in [2.75, 3.05) is 26.4 Å². The van der Waals surface area contributed by atoms with Crippen LogP contribution >= 0.6 is 0 Å². The molecule has 0 aromatic heterocycles. The number of alkyl carbamates (subject to hydrolysis) is 1. The minimum Gasteiger partial charge on any atom is -0.481 e. The summed E-state index contributed by atoms with van der Waals surface area (Å²) in [4.78, 5) is 35.6. The second kappa shape index (κ2) is 11.3. The number of hydrogen-bond acceptors (Lipinski definition) is 6. The van der Waals surface area contributed by atoms with Crippen LogP contribution in [0.2, 0.25) is 0 Å². The van der Waals surface area contributed by atoms with Gasteiger partial charge in [-0.2, -0.15) is 0 Å². The van der Waals surface area contributed by atoms with Crippen LogP contribution in [0.1, 0.15) is 36.3 Å². The summed E-state index contributed by atoms with van der Waals surface area (Å²) in [6.45, 7) is 0.720. The van der Waals surface area contributed by atoms with Gasteiger partial charge in [-0.1, -0.05) is 48.5 Å². The first kappa shape index (κ1) is 24.7. The Morgan fingerprint density at radius 1 is 1.06 bits per heavy atom. The number of carbonyl (C=O) groups excluding carboxylic acids is 2. The SMILES string of the molecule is O=C(O)CC1COCCC1NC(=O)CC(O)CNC(=O)OCC1c2ccccc2-c2ccccc21. The number of rotatable bonds is 9. The number of carboxylic acids is 1. The minimum atomic E-state index is -1.10. The van der Waals surface area contributed by atoms with Crippen LogP contribution in [0.4, 0.5) is 4.79 Å². The van der Waals surface area contributed by atoms with Crippen molar-refractivity contribution in [2.45, 2.75) is 37.3 Å². The first-order valence-corrected chi connectivity index (χ1v) is 11.8. The van der Waals surface area contributed by atoms with E-state index in [1.807, 2.05) is 36.4 Å². The van der Waals surface area contributed by atoms with Crippen molar-refractivity contribution in [3.63, 3.8) is 0 Å². The lowest BCUT2D eigenvalue weighted by molar-refractivity contribution is -0.140. The zero-order valence-electron chi connectivity index (χ0n) is 19.3. The summed E-state index contributed by atoms with van der Waals surface area (Å²) in [5.74, 6) is -1.75. The Morgan fingerprint density at radius 3 is 2.37 bits per heavy atom. The number of aliphatic hydroxyl groups is 1. The highest BCUT2D eigenvalue weighted by Gasteiger charge is 2.30. The molecule has 9 heteroatoms.